The predicted molar refractivity (Wildman–Crippen MR) is 81.6 cm³/mol. The van der Waals surface area contributed by atoms with Gasteiger partial charge in [-0.2, -0.15) is 0 Å². The highest BCUT2D eigenvalue weighted by Crippen LogP contribution is 2.15. The van der Waals surface area contributed by atoms with Crippen LogP contribution in [0.5, 0.6) is 0 Å². The Balaban J connectivity index is 2.66. The van der Waals surface area contributed by atoms with Crippen molar-refractivity contribution in [3.8, 4) is 11.5 Å². The van der Waals surface area contributed by atoms with E-state index in [0.717, 1.165) is 12.0 Å². The SMILES string of the molecule is CC(C)(C)OC(=O)N1CCC=C(C#C[Si](C)(C)C)C1. The minimum atomic E-state index is -1.37. The molecule has 1 aliphatic rings. The molecule has 0 aromatic rings. The number of amides is 1. The molecule has 1 aliphatic heterocycles. The normalized spacial score (nSPS) is 16.3. The van der Waals surface area contributed by atoms with E-state index in [1.54, 1.807) is 4.90 Å². The summed E-state index contributed by atoms with van der Waals surface area (Å²) in [6.07, 6.45) is 2.75. The van der Waals surface area contributed by atoms with Crippen LogP contribution in [0, 0.1) is 11.5 Å². The first kappa shape index (κ1) is 15.8. The van der Waals surface area contributed by atoms with Gasteiger partial charge in [0.25, 0.3) is 0 Å². The van der Waals surface area contributed by atoms with Crippen LogP contribution in [0.4, 0.5) is 4.79 Å². The smallest absolute Gasteiger partial charge is 0.410 e. The molecule has 4 heteroatoms. The molecule has 0 saturated heterocycles. The van der Waals surface area contributed by atoms with Gasteiger partial charge in [-0.05, 0) is 27.2 Å². The summed E-state index contributed by atoms with van der Waals surface area (Å²) in [7, 11) is -1.37. The van der Waals surface area contributed by atoms with E-state index in [1.165, 1.54) is 0 Å². The molecule has 1 rings (SSSR count). The van der Waals surface area contributed by atoms with E-state index in [2.05, 4.69) is 37.2 Å². The number of hydrogen-bond donors (Lipinski definition) is 0. The first-order chi connectivity index (χ1) is 8.57. The van der Waals surface area contributed by atoms with Gasteiger partial charge >= 0.3 is 6.09 Å². The molecule has 106 valence electrons. The van der Waals surface area contributed by atoms with Crippen LogP contribution < -0.4 is 0 Å². The number of hydrogen-bond acceptors (Lipinski definition) is 2. The van der Waals surface area contributed by atoms with Crippen molar-refractivity contribution in [3.05, 3.63) is 11.6 Å². The molecule has 1 amide bonds. The topological polar surface area (TPSA) is 29.5 Å². The van der Waals surface area contributed by atoms with Crippen LogP contribution in [-0.2, 0) is 4.74 Å². The second-order valence-electron chi connectivity index (χ2n) is 6.92. The molecule has 0 radical (unpaired) electrons. The molecule has 0 fully saturated rings. The van der Waals surface area contributed by atoms with Gasteiger partial charge in [0.2, 0.25) is 0 Å². The molecular weight excluding hydrogens is 254 g/mol. The Morgan fingerprint density at radius 3 is 2.53 bits per heavy atom. The van der Waals surface area contributed by atoms with Crippen molar-refractivity contribution >= 4 is 14.2 Å². The van der Waals surface area contributed by atoms with Crippen LogP contribution in [-0.4, -0.2) is 37.8 Å². The maximum atomic E-state index is 12.0. The molecule has 19 heavy (non-hydrogen) atoms. The fourth-order valence-corrected chi connectivity index (χ4v) is 2.12. The summed E-state index contributed by atoms with van der Waals surface area (Å²) in [4.78, 5) is 13.7. The van der Waals surface area contributed by atoms with Gasteiger partial charge in [0.1, 0.15) is 13.7 Å². The van der Waals surface area contributed by atoms with Crippen LogP contribution in [0.1, 0.15) is 27.2 Å². The third kappa shape index (κ3) is 6.49. The van der Waals surface area contributed by atoms with Gasteiger partial charge in [0.05, 0.1) is 6.54 Å². The molecule has 0 N–H and O–H groups in total. The van der Waals surface area contributed by atoms with Crippen molar-refractivity contribution in [2.45, 2.75) is 52.4 Å². The Morgan fingerprint density at radius 2 is 2.00 bits per heavy atom. The number of rotatable bonds is 0. The number of carbonyl (C=O) groups is 1. The third-order valence-corrected chi connectivity index (χ3v) is 3.28. The van der Waals surface area contributed by atoms with E-state index >= 15 is 0 Å². The van der Waals surface area contributed by atoms with Crippen molar-refractivity contribution in [1.82, 2.24) is 4.90 Å². The number of ether oxygens (including phenoxy) is 1. The van der Waals surface area contributed by atoms with Gasteiger partial charge < -0.3 is 9.64 Å². The number of nitrogens with zero attached hydrogens (tertiary/aromatic N) is 1. The van der Waals surface area contributed by atoms with E-state index < -0.39 is 13.7 Å². The molecule has 0 aliphatic carbocycles. The summed E-state index contributed by atoms with van der Waals surface area (Å²) in [5.41, 5.74) is 3.94. The van der Waals surface area contributed by atoms with Crippen LogP contribution >= 0.6 is 0 Å². The Morgan fingerprint density at radius 1 is 1.37 bits per heavy atom. The molecule has 0 aromatic heterocycles. The van der Waals surface area contributed by atoms with E-state index in [0.29, 0.717) is 13.1 Å². The predicted octanol–water partition coefficient (Wildman–Crippen LogP) is 3.43. The lowest BCUT2D eigenvalue weighted by molar-refractivity contribution is 0.0264. The van der Waals surface area contributed by atoms with Gasteiger partial charge in [-0.15, -0.1) is 5.54 Å². The quantitative estimate of drug-likeness (QED) is 0.502. The first-order valence-corrected chi connectivity index (χ1v) is 10.3. The maximum absolute atomic E-state index is 12.0. The molecule has 1 heterocycles. The highest BCUT2D eigenvalue weighted by Gasteiger charge is 2.23. The molecule has 0 spiro atoms. The molecule has 0 aromatic carbocycles. The molecule has 0 saturated carbocycles. The monoisotopic (exact) mass is 279 g/mol. The third-order valence-electron chi connectivity index (χ3n) is 2.40. The van der Waals surface area contributed by atoms with Crippen molar-refractivity contribution in [3.63, 3.8) is 0 Å². The average Bonchev–Trinajstić information content (AvgIpc) is 2.23. The summed E-state index contributed by atoms with van der Waals surface area (Å²) in [6, 6.07) is 0. The molecular formula is C15H25NO2Si. The summed E-state index contributed by atoms with van der Waals surface area (Å²) < 4.78 is 5.39. The van der Waals surface area contributed by atoms with Crippen LogP contribution in [0.25, 0.3) is 0 Å². The second-order valence-corrected chi connectivity index (χ2v) is 11.7. The van der Waals surface area contributed by atoms with Gasteiger partial charge in [-0.1, -0.05) is 31.6 Å². The Hall–Kier alpha value is -1.21. The Bertz CT molecular complexity index is 430. The number of carbonyl (C=O) groups excluding carboxylic acids is 1. The summed E-state index contributed by atoms with van der Waals surface area (Å²) in [5, 5.41) is 0. The largest absolute Gasteiger partial charge is 0.444 e. The second kappa shape index (κ2) is 5.83. The minimum absolute atomic E-state index is 0.243. The summed E-state index contributed by atoms with van der Waals surface area (Å²) >= 11 is 0. The Kier molecular flexibility index (Phi) is 4.86. The Labute approximate surface area is 118 Å². The molecule has 0 unspecified atom stereocenters. The van der Waals surface area contributed by atoms with Crippen molar-refractivity contribution < 1.29 is 9.53 Å². The van der Waals surface area contributed by atoms with Crippen LogP contribution in [0.15, 0.2) is 11.6 Å². The first-order valence-electron chi connectivity index (χ1n) is 6.77. The maximum Gasteiger partial charge on any atom is 0.410 e. The van der Waals surface area contributed by atoms with Crippen molar-refractivity contribution in [2.24, 2.45) is 0 Å². The van der Waals surface area contributed by atoms with Gasteiger partial charge in [0.15, 0.2) is 0 Å². The van der Waals surface area contributed by atoms with E-state index in [-0.39, 0.29) is 6.09 Å². The lowest BCUT2D eigenvalue weighted by atomic mass is 10.1. The van der Waals surface area contributed by atoms with Gasteiger partial charge in [-0.25, -0.2) is 4.79 Å². The highest BCUT2D eigenvalue weighted by molar-refractivity contribution is 6.83. The zero-order valence-electron chi connectivity index (χ0n) is 13.0. The fraction of sp³-hybridized carbons (Fsp3) is 0.667. The van der Waals surface area contributed by atoms with Crippen LogP contribution in [0.3, 0.4) is 0 Å². The lowest BCUT2D eigenvalue weighted by Crippen LogP contribution is -2.39. The zero-order chi connectivity index (χ0) is 14.7. The zero-order valence-corrected chi connectivity index (χ0v) is 14.0. The fourth-order valence-electron chi connectivity index (χ4n) is 1.58. The lowest BCUT2D eigenvalue weighted by Gasteiger charge is -2.29. The van der Waals surface area contributed by atoms with E-state index in [1.807, 2.05) is 20.8 Å². The molecule has 3 nitrogen and oxygen atoms in total. The van der Waals surface area contributed by atoms with E-state index in [9.17, 15) is 4.79 Å². The van der Waals surface area contributed by atoms with Crippen LogP contribution in [0.2, 0.25) is 19.6 Å². The molecule has 0 bridgehead atoms. The van der Waals surface area contributed by atoms with Gasteiger partial charge in [-0.3, -0.25) is 0 Å². The summed E-state index contributed by atoms with van der Waals surface area (Å²) in [5.74, 6) is 3.23. The summed E-state index contributed by atoms with van der Waals surface area (Å²) in [6.45, 7) is 13.6. The van der Waals surface area contributed by atoms with E-state index in [4.69, 9.17) is 4.74 Å². The van der Waals surface area contributed by atoms with Gasteiger partial charge in [0, 0.05) is 12.1 Å². The standard InChI is InChI=1S/C15H25NO2Si/c1-15(2,3)18-14(17)16-10-7-8-13(12-16)9-11-19(4,5)6/h8H,7,10,12H2,1-6H3. The molecule has 0 atom stereocenters. The minimum Gasteiger partial charge on any atom is -0.444 e. The van der Waals surface area contributed by atoms with Crippen molar-refractivity contribution in [1.29, 1.82) is 0 Å². The van der Waals surface area contributed by atoms with Crippen molar-refractivity contribution in [2.75, 3.05) is 13.1 Å². The highest BCUT2D eigenvalue weighted by atomic mass is 28.3. The average molecular weight is 279 g/mol.